The lowest BCUT2D eigenvalue weighted by atomic mass is 9.92. The molecular weight excluding hydrogens is 1470 g/mol. The summed E-state index contributed by atoms with van der Waals surface area (Å²) in [7, 11) is 0. The van der Waals surface area contributed by atoms with Gasteiger partial charge in [0.25, 0.3) is 0 Å². The van der Waals surface area contributed by atoms with E-state index in [-0.39, 0.29) is 0 Å². The van der Waals surface area contributed by atoms with Gasteiger partial charge >= 0.3 is 0 Å². The molecule has 0 aliphatic carbocycles. The lowest BCUT2D eigenvalue weighted by Gasteiger charge is -2.13. The van der Waals surface area contributed by atoms with Crippen LogP contribution >= 0.6 is 0 Å². The van der Waals surface area contributed by atoms with Gasteiger partial charge in [0, 0.05) is 0 Å². The van der Waals surface area contributed by atoms with Gasteiger partial charge in [0.15, 0.2) is 0 Å². The Morgan fingerprint density at radius 2 is 0.246 bits per heavy atom. The van der Waals surface area contributed by atoms with Crippen LogP contribution in [0.2, 0.25) is 0 Å². The van der Waals surface area contributed by atoms with Crippen LogP contribution in [0.4, 0.5) is 0 Å². The summed E-state index contributed by atoms with van der Waals surface area (Å²) < 4.78 is 0. The monoisotopic (exact) mass is 1560 g/mol. The normalized spacial score (nSPS) is 11.0. The predicted octanol–water partition coefficient (Wildman–Crippen LogP) is 34.3. The third-order valence-corrected chi connectivity index (χ3v) is 23.2. The molecule has 122 heavy (non-hydrogen) atoms. The zero-order chi connectivity index (χ0) is 82.5. The zero-order valence-electron chi connectivity index (χ0n) is 69.2. The van der Waals surface area contributed by atoms with Gasteiger partial charge in [-0.1, -0.05) is 417 Å². The summed E-state index contributed by atoms with van der Waals surface area (Å²) in [4.78, 5) is 0. The van der Waals surface area contributed by atoms with Crippen LogP contribution in [0.25, 0.3) is 188 Å². The van der Waals surface area contributed by atoms with Gasteiger partial charge in [-0.15, -0.1) is 0 Å². The largest absolute Gasteiger partial charge is 0.0622 e. The average molecular weight is 1560 g/mol. The summed E-state index contributed by atoms with van der Waals surface area (Å²) in [5, 5.41) is 10.2. The van der Waals surface area contributed by atoms with E-state index < -0.39 is 0 Å². The van der Waals surface area contributed by atoms with Gasteiger partial charge in [0.2, 0.25) is 0 Å². The van der Waals surface area contributed by atoms with Gasteiger partial charge in [-0.3, -0.25) is 0 Å². The van der Waals surface area contributed by atoms with Crippen molar-refractivity contribution in [2.24, 2.45) is 0 Å². The maximum atomic E-state index is 2.32. The summed E-state index contributed by atoms with van der Waals surface area (Å²) >= 11 is 0. The molecule has 0 spiro atoms. The van der Waals surface area contributed by atoms with Crippen molar-refractivity contribution < 1.29 is 0 Å². The molecule has 0 radical (unpaired) electrons. The minimum absolute atomic E-state index is 1.22. The smallest absolute Gasteiger partial charge is 0.0171 e. The van der Waals surface area contributed by atoms with Crippen LogP contribution in [-0.4, -0.2) is 0 Å². The maximum Gasteiger partial charge on any atom is -0.0171 e. The molecule has 0 heterocycles. The summed E-state index contributed by atoms with van der Waals surface area (Å²) in [6.45, 7) is 8.58. The van der Waals surface area contributed by atoms with Crippen molar-refractivity contribution in [1.29, 1.82) is 0 Å². The van der Waals surface area contributed by atoms with E-state index >= 15 is 0 Å². The van der Waals surface area contributed by atoms with E-state index in [0.29, 0.717) is 0 Å². The molecule has 0 amide bonds. The van der Waals surface area contributed by atoms with Gasteiger partial charge in [0.05, 0.1) is 0 Å². The standard InChI is InChI=1S/C35H26.3C29H22/c1-25-11-13-29(14-12-25)33-22-34(30-17-15-28(16-18-30)26-7-3-2-4-8-26)24-35(23-33)32-20-19-27-9-5-6-10-31(27)21-32;1-21-8-7-13-24(16-21)28-18-27(22-9-3-2-4-10-22)19-29(20-28)26-15-14-23-11-5-6-12-25(23)17-26;1-21-17-28(25-13-11-24(12-14-25)22-7-3-2-4-8-22)20-29(18-21)27-16-15-23-9-5-6-10-26(23)19-27;1-21-11-13-24(14-12-21)28-18-27(22-7-3-2-4-8-22)19-29(20-28)26-16-15-23-9-5-6-10-25(23)17-26/h2-24H,1H3;3*2-20H,1H3. The summed E-state index contributed by atoms with van der Waals surface area (Å²) in [6.07, 6.45) is 0. The van der Waals surface area contributed by atoms with Crippen molar-refractivity contribution in [3.05, 3.63) is 508 Å². The molecule has 21 aromatic carbocycles. The Bertz CT molecular complexity index is 7200. The number of fused-ring (bicyclic) bond motifs is 4. The fourth-order valence-electron chi connectivity index (χ4n) is 16.5. The summed E-state index contributed by atoms with van der Waals surface area (Å²) in [5.41, 5.74) is 37.4. The molecular formula is C122H92. The van der Waals surface area contributed by atoms with Crippen molar-refractivity contribution in [3.8, 4) is 145 Å². The highest BCUT2D eigenvalue weighted by molar-refractivity contribution is 5.94. The Balaban J connectivity index is 0.000000112. The molecule has 0 saturated carbocycles. The molecule has 0 fully saturated rings. The Morgan fingerprint density at radius 1 is 0.0820 bits per heavy atom. The second-order valence-electron chi connectivity index (χ2n) is 32.0. The molecule has 0 heteroatoms. The van der Waals surface area contributed by atoms with Gasteiger partial charge in [-0.05, 0) is 306 Å². The Kier molecular flexibility index (Phi) is 23.1. The lowest BCUT2D eigenvalue weighted by molar-refractivity contribution is 1.46. The van der Waals surface area contributed by atoms with E-state index in [1.807, 2.05) is 0 Å². The quantitative estimate of drug-likeness (QED) is 0.108. The minimum Gasteiger partial charge on any atom is -0.0622 e. The number of benzene rings is 21. The highest BCUT2D eigenvalue weighted by Gasteiger charge is 2.15. The first kappa shape index (κ1) is 77.9. The number of hydrogen-bond donors (Lipinski definition) is 0. The molecule has 0 aliphatic heterocycles. The molecule has 0 atom stereocenters. The Labute approximate surface area is 718 Å². The van der Waals surface area contributed by atoms with E-state index in [0.717, 1.165) is 0 Å². The summed E-state index contributed by atoms with van der Waals surface area (Å²) in [6, 6.07) is 175. The van der Waals surface area contributed by atoms with Gasteiger partial charge in [0.1, 0.15) is 0 Å². The van der Waals surface area contributed by atoms with E-state index in [1.165, 1.54) is 210 Å². The van der Waals surface area contributed by atoms with Crippen molar-refractivity contribution in [3.63, 3.8) is 0 Å². The first-order valence-electron chi connectivity index (χ1n) is 42.2. The fraction of sp³-hybridized carbons (Fsp3) is 0.0328. The molecule has 0 nitrogen and oxygen atoms in total. The molecule has 0 unspecified atom stereocenters. The maximum absolute atomic E-state index is 2.32. The molecule has 21 aromatic rings. The van der Waals surface area contributed by atoms with Crippen molar-refractivity contribution >= 4 is 43.1 Å². The van der Waals surface area contributed by atoms with Crippen LogP contribution in [-0.2, 0) is 0 Å². The second kappa shape index (κ2) is 36.3. The molecule has 0 bridgehead atoms. The number of hydrogen-bond acceptors (Lipinski definition) is 0. The van der Waals surface area contributed by atoms with Crippen molar-refractivity contribution in [1.82, 2.24) is 0 Å². The molecule has 0 aromatic heterocycles. The molecule has 0 N–H and O–H groups in total. The highest BCUT2D eigenvalue weighted by atomic mass is 14.2. The van der Waals surface area contributed by atoms with Crippen molar-refractivity contribution in [2.75, 3.05) is 0 Å². The minimum atomic E-state index is 1.22. The number of rotatable bonds is 13. The van der Waals surface area contributed by atoms with Crippen LogP contribution in [0.15, 0.2) is 485 Å². The van der Waals surface area contributed by atoms with Gasteiger partial charge in [-0.25, -0.2) is 0 Å². The Hall–Kier alpha value is -15.3. The van der Waals surface area contributed by atoms with Crippen LogP contribution in [0, 0.1) is 27.7 Å². The van der Waals surface area contributed by atoms with Crippen LogP contribution < -0.4 is 0 Å². The van der Waals surface area contributed by atoms with Crippen molar-refractivity contribution in [2.45, 2.75) is 27.7 Å². The van der Waals surface area contributed by atoms with Gasteiger partial charge < -0.3 is 0 Å². The van der Waals surface area contributed by atoms with E-state index in [2.05, 4.69) is 513 Å². The third kappa shape index (κ3) is 18.5. The zero-order valence-corrected chi connectivity index (χ0v) is 69.2. The first-order chi connectivity index (χ1) is 60.0. The van der Waals surface area contributed by atoms with Crippen LogP contribution in [0.3, 0.4) is 0 Å². The fourth-order valence-corrected chi connectivity index (χ4v) is 16.5. The first-order valence-corrected chi connectivity index (χ1v) is 42.2. The second-order valence-corrected chi connectivity index (χ2v) is 32.0. The predicted molar refractivity (Wildman–Crippen MR) is 525 cm³/mol. The molecule has 580 valence electrons. The summed E-state index contributed by atoms with van der Waals surface area (Å²) in [5.74, 6) is 0. The molecule has 0 aliphatic rings. The van der Waals surface area contributed by atoms with E-state index in [1.54, 1.807) is 0 Å². The van der Waals surface area contributed by atoms with E-state index in [9.17, 15) is 0 Å². The number of aryl methyl sites for hydroxylation is 4. The highest BCUT2D eigenvalue weighted by Crippen LogP contribution is 2.40. The lowest BCUT2D eigenvalue weighted by Crippen LogP contribution is -1.87. The molecule has 21 rings (SSSR count). The van der Waals surface area contributed by atoms with E-state index in [4.69, 9.17) is 0 Å². The molecule has 0 saturated heterocycles. The Morgan fingerprint density at radius 3 is 0.508 bits per heavy atom. The van der Waals surface area contributed by atoms with Gasteiger partial charge in [-0.2, -0.15) is 0 Å². The third-order valence-electron chi connectivity index (χ3n) is 23.2. The van der Waals surface area contributed by atoms with Crippen LogP contribution in [0.5, 0.6) is 0 Å². The SMILES string of the molecule is Cc1cc(-c2ccc(-c3ccccc3)cc2)cc(-c2ccc3ccccc3c2)c1.Cc1ccc(-c2cc(-c3ccc(-c4ccccc4)cc3)cc(-c3ccc4ccccc4c3)c2)cc1.Cc1ccc(-c2cc(-c3ccccc3)cc(-c3ccc4ccccc4c3)c2)cc1.Cc1cccc(-c2cc(-c3ccccc3)cc(-c3ccc4ccccc4c3)c2)c1. The van der Waals surface area contributed by atoms with Crippen LogP contribution in [0.1, 0.15) is 22.3 Å². The topological polar surface area (TPSA) is 0 Å². The average Bonchev–Trinajstić information content (AvgIpc) is 0.799.